The Morgan fingerprint density at radius 3 is 2.94 bits per heavy atom. The lowest BCUT2D eigenvalue weighted by Gasteiger charge is -2.04. The maximum absolute atomic E-state index is 12.0. The van der Waals surface area contributed by atoms with Gasteiger partial charge in [-0.3, -0.25) is 9.78 Å². The minimum atomic E-state index is -0.0718. The predicted octanol–water partition coefficient (Wildman–Crippen LogP) is 3.04. The summed E-state index contributed by atoms with van der Waals surface area (Å²) in [6.45, 7) is 0. The van der Waals surface area contributed by atoms with E-state index in [-0.39, 0.29) is 5.78 Å². The Morgan fingerprint density at radius 2 is 2.31 bits per heavy atom. The van der Waals surface area contributed by atoms with Crippen molar-refractivity contribution in [3.63, 3.8) is 0 Å². The van der Waals surface area contributed by atoms with E-state index < -0.39 is 0 Å². The summed E-state index contributed by atoms with van der Waals surface area (Å²) in [5, 5.41) is 0.489. The zero-order valence-corrected chi connectivity index (χ0v) is 10.0. The Morgan fingerprint density at radius 1 is 1.50 bits per heavy atom. The van der Waals surface area contributed by atoms with Gasteiger partial charge in [-0.25, -0.2) is 0 Å². The van der Waals surface area contributed by atoms with Gasteiger partial charge in [-0.1, -0.05) is 11.6 Å². The number of methoxy groups -OCH3 is 1. The van der Waals surface area contributed by atoms with Crippen LogP contribution >= 0.6 is 22.9 Å². The van der Waals surface area contributed by atoms with E-state index in [1.807, 2.05) is 0 Å². The molecule has 82 valence electrons. The molecular weight excluding hydrogens is 246 g/mol. The third-order valence-electron chi connectivity index (χ3n) is 2.07. The summed E-state index contributed by atoms with van der Waals surface area (Å²) in [7, 11) is 1.52. The van der Waals surface area contributed by atoms with Gasteiger partial charge in [-0.15, -0.1) is 11.3 Å². The molecule has 0 spiro atoms. The van der Waals surface area contributed by atoms with Crippen LogP contribution in [0.1, 0.15) is 15.2 Å². The van der Waals surface area contributed by atoms with Gasteiger partial charge in [0.25, 0.3) is 0 Å². The number of thiazole rings is 1. The van der Waals surface area contributed by atoms with Gasteiger partial charge < -0.3 is 4.74 Å². The Bertz CT molecular complexity index is 511. The number of rotatable bonds is 3. The molecule has 0 aliphatic carbocycles. The second kappa shape index (κ2) is 4.63. The standard InChI is InChI=1S/C11H8ClNO2S/c1-15-9-4-7(2-3-8(9)12)11(14)10-5-13-6-16-10/h2-6H,1H3. The van der Waals surface area contributed by atoms with E-state index in [0.29, 0.717) is 21.2 Å². The van der Waals surface area contributed by atoms with Crippen molar-refractivity contribution in [1.82, 2.24) is 4.98 Å². The summed E-state index contributed by atoms with van der Waals surface area (Å²) in [6.07, 6.45) is 1.55. The number of carbonyl (C=O) groups excluding carboxylic acids is 1. The number of hydrogen-bond donors (Lipinski definition) is 0. The number of carbonyl (C=O) groups is 1. The Hall–Kier alpha value is -1.39. The van der Waals surface area contributed by atoms with Gasteiger partial charge in [0.2, 0.25) is 5.78 Å². The highest BCUT2D eigenvalue weighted by Crippen LogP contribution is 2.26. The number of nitrogens with zero attached hydrogens (tertiary/aromatic N) is 1. The van der Waals surface area contributed by atoms with Crippen molar-refractivity contribution in [2.75, 3.05) is 7.11 Å². The first-order valence-electron chi connectivity index (χ1n) is 4.49. The van der Waals surface area contributed by atoms with E-state index in [1.165, 1.54) is 18.4 Å². The van der Waals surface area contributed by atoms with Crippen LogP contribution in [0.2, 0.25) is 5.02 Å². The predicted molar refractivity (Wildman–Crippen MR) is 63.6 cm³/mol. The number of hydrogen-bond acceptors (Lipinski definition) is 4. The van der Waals surface area contributed by atoms with Crippen molar-refractivity contribution in [1.29, 1.82) is 0 Å². The molecule has 1 aromatic heterocycles. The van der Waals surface area contributed by atoms with Crippen LogP contribution in [0, 0.1) is 0 Å². The van der Waals surface area contributed by atoms with Crippen molar-refractivity contribution in [2.45, 2.75) is 0 Å². The lowest BCUT2D eigenvalue weighted by molar-refractivity contribution is 0.104. The quantitative estimate of drug-likeness (QED) is 0.790. The minimum Gasteiger partial charge on any atom is -0.495 e. The average molecular weight is 254 g/mol. The third kappa shape index (κ3) is 2.08. The topological polar surface area (TPSA) is 39.2 Å². The molecule has 0 saturated heterocycles. The summed E-state index contributed by atoms with van der Waals surface area (Å²) in [5.41, 5.74) is 2.17. The molecule has 3 nitrogen and oxygen atoms in total. The first-order valence-corrected chi connectivity index (χ1v) is 5.75. The number of halogens is 1. The second-order valence-corrected chi connectivity index (χ2v) is 4.34. The molecule has 16 heavy (non-hydrogen) atoms. The van der Waals surface area contributed by atoms with Gasteiger partial charge in [-0.05, 0) is 18.2 Å². The van der Waals surface area contributed by atoms with Crippen LogP contribution in [0.25, 0.3) is 0 Å². The van der Waals surface area contributed by atoms with Crippen LogP contribution in [0.5, 0.6) is 5.75 Å². The molecule has 5 heteroatoms. The van der Waals surface area contributed by atoms with Crippen LogP contribution in [-0.2, 0) is 0 Å². The van der Waals surface area contributed by atoms with E-state index in [4.69, 9.17) is 16.3 Å². The molecule has 1 aromatic carbocycles. The monoisotopic (exact) mass is 253 g/mol. The van der Waals surface area contributed by atoms with Crippen molar-refractivity contribution in [3.05, 3.63) is 45.4 Å². The number of aromatic nitrogens is 1. The second-order valence-electron chi connectivity index (χ2n) is 3.04. The fraction of sp³-hybridized carbons (Fsp3) is 0.0909. The molecule has 0 aliphatic heterocycles. The number of ketones is 1. The Balaban J connectivity index is 2.38. The summed E-state index contributed by atoms with van der Waals surface area (Å²) >= 11 is 7.19. The smallest absolute Gasteiger partial charge is 0.204 e. The Labute approximate surface area is 102 Å². The van der Waals surface area contributed by atoms with Crippen molar-refractivity contribution >= 4 is 28.7 Å². The number of benzene rings is 1. The summed E-state index contributed by atoms with van der Waals surface area (Å²) in [6, 6.07) is 4.95. The lowest BCUT2D eigenvalue weighted by atomic mass is 10.1. The minimum absolute atomic E-state index is 0.0718. The average Bonchev–Trinajstić information content (AvgIpc) is 2.82. The Kier molecular flexibility index (Phi) is 3.22. The van der Waals surface area contributed by atoms with Crippen LogP contribution < -0.4 is 4.74 Å². The molecule has 0 amide bonds. The fourth-order valence-electron chi connectivity index (χ4n) is 1.27. The molecule has 2 aromatic rings. The summed E-state index contributed by atoms with van der Waals surface area (Å²) in [5.74, 6) is 0.425. The molecule has 0 fully saturated rings. The molecule has 2 rings (SSSR count). The fourth-order valence-corrected chi connectivity index (χ4v) is 2.05. The highest BCUT2D eigenvalue weighted by atomic mass is 35.5. The molecular formula is C11H8ClNO2S. The SMILES string of the molecule is COc1cc(C(=O)c2cncs2)ccc1Cl. The molecule has 0 radical (unpaired) electrons. The molecule has 0 aliphatic rings. The molecule has 0 atom stereocenters. The van der Waals surface area contributed by atoms with E-state index >= 15 is 0 Å². The van der Waals surface area contributed by atoms with E-state index in [2.05, 4.69) is 4.98 Å². The highest BCUT2D eigenvalue weighted by molar-refractivity contribution is 7.11. The van der Waals surface area contributed by atoms with Gasteiger partial charge in [0.05, 0.1) is 22.5 Å². The molecule has 0 N–H and O–H groups in total. The van der Waals surface area contributed by atoms with E-state index in [9.17, 15) is 4.79 Å². The van der Waals surface area contributed by atoms with Gasteiger partial charge in [0.1, 0.15) is 5.75 Å². The van der Waals surface area contributed by atoms with Gasteiger partial charge in [0, 0.05) is 11.8 Å². The van der Waals surface area contributed by atoms with E-state index in [0.717, 1.165) is 0 Å². The number of ether oxygens (including phenoxy) is 1. The van der Waals surface area contributed by atoms with Crippen LogP contribution in [-0.4, -0.2) is 17.9 Å². The third-order valence-corrected chi connectivity index (χ3v) is 3.15. The van der Waals surface area contributed by atoms with Crippen molar-refractivity contribution < 1.29 is 9.53 Å². The molecule has 1 heterocycles. The van der Waals surface area contributed by atoms with Crippen LogP contribution in [0.4, 0.5) is 0 Å². The maximum atomic E-state index is 12.0. The van der Waals surface area contributed by atoms with Crippen LogP contribution in [0.15, 0.2) is 29.9 Å². The van der Waals surface area contributed by atoms with Crippen molar-refractivity contribution in [2.24, 2.45) is 0 Å². The van der Waals surface area contributed by atoms with Crippen LogP contribution in [0.3, 0.4) is 0 Å². The summed E-state index contributed by atoms with van der Waals surface area (Å²) in [4.78, 5) is 16.4. The maximum Gasteiger partial charge on any atom is 0.204 e. The summed E-state index contributed by atoms with van der Waals surface area (Å²) < 4.78 is 5.06. The zero-order chi connectivity index (χ0) is 11.5. The zero-order valence-electron chi connectivity index (χ0n) is 8.44. The van der Waals surface area contributed by atoms with Gasteiger partial charge >= 0.3 is 0 Å². The first kappa shape index (κ1) is 11.1. The first-order chi connectivity index (χ1) is 7.72. The van der Waals surface area contributed by atoms with Gasteiger partial charge in [0.15, 0.2) is 0 Å². The molecule has 0 bridgehead atoms. The molecule has 0 unspecified atom stereocenters. The van der Waals surface area contributed by atoms with Gasteiger partial charge in [-0.2, -0.15) is 0 Å². The normalized spacial score (nSPS) is 10.1. The van der Waals surface area contributed by atoms with Crippen molar-refractivity contribution in [3.8, 4) is 5.75 Å². The van der Waals surface area contributed by atoms with E-state index in [1.54, 1.807) is 29.9 Å². The highest BCUT2D eigenvalue weighted by Gasteiger charge is 2.12. The largest absolute Gasteiger partial charge is 0.495 e. The molecule has 0 saturated carbocycles. The lowest BCUT2D eigenvalue weighted by Crippen LogP contribution is -1.99.